The minimum atomic E-state index is -1.10. The molecule has 7 heteroatoms. The number of rotatable bonds is 3. The lowest BCUT2D eigenvalue weighted by molar-refractivity contribution is -0.127. The fourth-order valence-corrected chi connectivity index (χ4v) is 2.05. The van der Waals surface area contributed by atoms with Crippen molar-refractivity contribution in [1.82, 2.24) is 15.6 Å². The summed E-state index contributed by atoms with van der Waals surface area (Å²) < 4.78 is 5.10. The molecule has 2 rings (SSSR count). The highest BCUT2D eigenvalue weighted by Crippen LogP contribution is 2.15. The molecule has 0 radical (unpaired) electrons. The number of carbonyl (C=O) groups excluding carboxylic acids is 3. The summed E-state index contributed by atoms with van der Waals surface area (Å²) in [6.07, 6.45) is -1.10. The zero-order valence-corrected chi connectivity index (χ0v) is 14.1. The molecule has 24 heavy (non-hydrogen) atoms. The molecule has 0 aliphatic heterocycles. The van der Waals surface area contributed by atoms with Gasteiger partial charge < -0.3 is 15.0 Å². The molecule has 1 atom stereocenters. The van der Waals surface area contributed by atoms with E-state index in [1.54, 1.807) is 26.8 Å². The number of fused-ring (bicyclic) bond motifs is 1. The Morgan fingerprint density at radius 3 is 2.46 bits per heavy atom. The first-order valence-corrected chi connectivity index (χ1v) is 7.57. The Kier molecular flexibility index (Phi) is 4.92. The Balaban J connectivity index is 1.95. The van der Waals surface area contributed by atoms with Crippen molar-refractivity contribution in [2.24, 2.45) is 0 Å². The van der Waals surface area contributed by atoms with Gasteiger partial charge in [-0.15, -0.1) is 0 Å². The summed E-state index contributed by atoms with van der Waals surface area (Å²) >= 11 is 0. The van der Waals surface area contributed by atoms with E-state index in [2.05, 4.69) is 15.6 Å². The molecule has 0 fully saturated rings. The van der Waals surface area contributed by atoms with E-state index in [1.165, 1.54) is 6.92 Å². The predicted octanol–water partition coefficient (Wildman–Crippen LogP) is 2.34. The highest BCUT2D eigenvalue weighted by molar-refractivity contribution is 5.99. The van der Waals surface area contributed by atoms with Crippen molar-refractivity contribution >= 4 is 28.8 Å². The van der Waals surface area contributed by atoms with Crippen LogP contribution in [-0.4, -0.2) is 34.5 Å². The van der Waals surface area contributed by atoms with Gasteiger partial charge in [-0.3, -0.25) is 10.1 Å². The Bertz CT molecular complexity index is 740. The molecule has 2 aromatic rings. The predicted molar refractivity (Wildman–Crippen MR) is 89.6 cm³/mol. The van der Waals surface area contributed by atoms with Crippen LogP contribution >= 0.6 is 0 Å². The van der Waals surface area contributed by atoms with Crippen LogP contribution in [0.5, 0.6) is 0 Å². The van der Waals surface area contributed by atoms with Crippen molar-refractivity contribution in [2.75, 3.05) is 0 Å². The van der Waals surface area contributed by atoms with Gasteiger partial charge in [-0.25, -0.2) is 9.59 Å². The molecule has 1 aromatic heterocycles. The molecule has 0 bridgehead atoms. The number of para-hydroxylation sites is 1. The van der Waals surface area contributed by atoms with Gasteiger partial charge in [0.15, 0.2) is 6.10 Å². The van der Waals surface area contributed by atoms with Gasteiger partial charge in [0.05, 0.1) is 0 Å². The van der Waals surface area contributed by atoms with Crippen molar-refractivity contribution in [3.8, 4) is 0 Å². The number of ether oxygens (including phenoxy) is 1. The summed E-state index contributed by atoms with van der Waals surface area (Å²) in [5.74, 6) is -1.36. The minimum Gasteiger partial charge on any atom is -0.448 e. The molecular formula is C17H21N3O4. The second-order valence-electron chi connectivity index (χ2n) is 6.51. The van der Waals surface area contributed by atoms with Crippen molar-refractivity contribution < 1.29 is 19.1 Å². The van der Waals surface area contributed by atoms with E-state index < -0.39 is 29.6 Å². The van der Waals surface area contributed by atoms with Gasteiger partial charge in [-0.2, -0.15) is 0 Å². The van der Waals surface area contributed by atoms with E-state index in [1.807, 2.05) is 24.3 Å². The standard InChI is InChI=1S/C17H21N3O4/c1-10(14(21)19-16(23)20-17(2,3)4)24-15(22)13-9-11-7-5-6-8-12(11)18-13/h5-10,18H,1-4H3,(H2,19,20,21,23)/t10-/m0/s1. The fourth-order valence-electron chi connectivity index (χ4n) is 2.05. The van der Waals surface area contributed by atoms with Crippen LogP contribution in [0.1, 0.15) is 38.2 Å². The lowest BCUT2D eigenvalue weighted by Gasteiger charge is -2.21. The summed E-state index contributed by atoms with van der Waals surface area (Å²) in [6.45, 7) is 6.77. The number of imide groups is 1. The SMILES string of the molecule is C[C@H](OC(=O)c1cc2ccccc2[nH]1)C(=O)NC(=O)NC(C)(C)C. The average molecular weight is 331 g/mol. The lowest BCUT2D eigenvalue weighted by Crippen LogP contribution is -2.50. The Hall–Kier alpha value is -2.83. The topological polar surface area (TPSA) is 100 Å². The first-order valence-electron chi connectivity index (χ1n) is 7.57. The molecule has 3 N–H and O–H groups in total. The first kappa shape index (κ1) is 17.5. The maximum absolute atomic E-state index is 12.1. The van der Waals surface area contributed by atoms with Crippen LogP contribution < -0.4 is 10.6 Å². The Morgan fingerprint density at radius 1 is 1.17 bits per heavy atom. The van der Waals surface area contributed by atoms with E-state index in [4.69, 9.17) is 4.74 Å². The highest BCUT2D eigenvalue weighted by Gasteiger charge is 2.23. The van der Waals surface area contributed by atoms with Crippen LogP contribution in [0.3, 0.4) is 0 Å². The molecule has 0 aliphatic rings. The molecule has 1 aromatic carbocycles. The zero-order chi connectivity index (χ0) is 17.9. The molecule has 0 saturated heterocycles. The highest BCUT2D eigenvalue weighted by atomic mass is 16.5. The maximum Gasteiger partial charge on any atom is 0.355 e. The molecule has 0 unspecified atom stereocenters. The number of aromatic amines is 1. The number of hydrogen-bond acceptors (Lipinski definition) is 4. The molecule has 0 aliphatic carbocycles. The van der Waals surface area contributed by atoms with E-state index in [-0.39, 0.29) is 5.69 Å². The minimum absolute atomic E-state index is 0.245. The number of nitrogens with one attached hydrogen (secondary N) is 3. The smallest absolute Gasteiger partial charge is 0.355 e. The molecule has 3 amide bonds. The quantitative estimate of drug-likeness (QED) is 0.752. The molecule has 128 valence electrons. The number of amides is 3. The number of H-pyrrole nitrogens is 1. The number of carbonyl (C=O) groups is 3. The van der Waals surface area contributed by atoms with E-state index in [0.29, 0.717) is 0 Å². The first-order chi connectivity index (χ1) is 11.2. The number of benzene rings is 1. The van der Waals surface area contributed by atoms with Crippen LogP contribution in [0.2, 0.25) is 0 Å². The fraction of sp³-hybridized carbons (Fsp3) is 0.353. The normalized spacial score (nSPS) is 12.5. The third kappa shape index (κ3) is 4.58. The summed E-state index contributed by atoms with van der Waals surface area (Å²) in [4.78, 5) is 38.6. The van der Waals surface area contributed by atoms with E-state index in [9.17, 15) is 14.4 Å². The summed E-state index contributed by atoms with van der Waals surface area (Å²) in [7, 11) is 0. The van der Waals surface area contributed by atoms with Crippen molar-refractivity contribution in [2.45, 2.75) is 39.3 Å². The second-order valence-corrected chi connectivity index (χ2v) is 6.51. The molecule has 7 nitrogen and oxygen atoms in total. The van der Waals surface area contributed by atoms with Gasteiger partial charge in [0.25, 0.3) is 5.91 Å². The molecule has 1 heterocycles. The van der Waals surface area contributed by atoms with Gasteiger partial charge in [-0.05, 0) is 39.8 Å². The van der Waals surface area contributed by atoms with Gasteiger partial charge >= 0.3 is 12.0 Å². The van der Waals surface area contributed by atoms with Crippen molar-refractivity contribution in [3.05, 3.63) is 36.0 Å². The molecule has 0 spiro atoms. The monoisotopic (exact) mass is 331 g/mol. The molecule has 0 saturated carbocycles. The average Bonchev–Trinajstić information content (AvgIpc) is 2.88. The van der Waals surface area contributed by atoms with Gasteiger partial charge in [0.2, 0.25) is 0 Å². The third-order valence-corrected chi connectivity index (χ3v) is 3.13. The van der Waals surface area contributed by atoms with Crippen LogP contribution in [0.15, 0.2) is 30.3 Å². The lowest BCUT2D eigenvalue weighted by atomic mass is 10.1. The third-order valence-electron chi connectivity index (χ3n) is 3.13. The van der Waals surface area contributed by atoms with Crippen LogP contribution in [0.4, 0.5) is 4.79 Å². The molecular weight excluding hydrogens is 310 g/mol. The second kappa shape index (κ2) is 6.74. The Labute approximate surface area is 139 Å². The van der Waals surface area contributed by atoms with Crippen molar-refractivity contribution in [1.29, 1.82) is 0 Å². The maximum atomic E-state index is 12.1. The van der Waals surface area contributed by atoms with Gasteiger partial charge in [0, 0.05) is 16.4 Å². The number of urea groups is 1. The Morgan fingerprint density at radius 2 is 1.83 bits per heavy atom. The zero-order valence-electron chi connectivity index (χ0n) is 14.1. The van der Waals surface area contributed by atoms with Crippen molar-refractivity contribution in [3.63, 3.8) is 0 Å². The number of hydrogen-bond donors (Lipinski definition) is 3. The number of esters is 1. The van der Waals surface area contributed by atoms with Gasteiger partial charge in [-0.1, -0.05) is 18.2 Å². The summed E-state index contributed by atoms with van der Waals surface area (Å²) in [5.41, 5.74) is 0.565. The van der Waals surface area contributed by atoms with E-state index in [0.717, 1.165) is 10.9 Å². The van der Waals surface area contributed by atoms with Crippen LogP contribution in [0.25, 0.3) is 10.9 Å². The van der Waals surface area contributed by atoms with Crippen LogP contribution in [0, 0.1) is 0 Å². The summed E-state index contributed by atoms with van der Waals surface area (Å²) in [5, 5.41) is 5.60. The summed E-state index contributed by atoms with van der Waals surface area (Å²) in [6, 6.07) is 8.40. The van der Waals surface area contributed by atoms with Crippen LogP contribution in [-0.2, 0) is 9.53 Å². The largest absolute Gasteiger partial charge is 0.448 e. The van der Waals surface area contributed by atoms with Gasteiger partial charge in [0.1, 0.15) is 5.69 Å². The number of aromatic nitrogens is 1. The van der Waals surface area contributed by atoms with E-state index >= 15 is 0 Å².